The molecular weight excluding hydrogens is 400 g/mol. The van der Waals surface area contributed by atoms with Gasteiger partial charge in [-0.25, -0.2) is 10.1 Å². The van der Waals surface area contributed by atoms with Crippen LogP contribution in [-0.4, -0.2) is 42.7 Å². The Morgan fingerprint density at radius 2 is 1.65 bits per heavy atom. The summed E-state index contributed by atoms with van der Waals surface area (Å²) in [5, 5.41) is 7.16. The maximum absolute atomic E-state index is 12.9. The number of aromatic amines is 1. The second-order valence-corrected chi connectivity index (χ2v) is 6.64. The molecule has 0 spiro atoms. The molecule has 162 valence electrons. The van der Waals surface area contributed by atoms with Gasteiger partial charge in [-0.2, -0.15) is 5.10 Å². The zero-order valence-electron chi connectivity index (χ0n) is 18.0. The van der Waals surface area contributed by atoms with Crippen LogP contribution in [0, 0.1) is 6.92 Å². The maximum Gasteiger partial charge on any atom is 0.280 e. The number of hydrogen-bond acceptors (Lipinski definition) is 6. The molecule has 3 aromatic rings. The van der Waals surface area contributed by atoms with Crippen LogP contribution in [0.2, 0.25) is 0 Å². The summed E-state index contributed by atoms with van der Waals surface area (Å²) < 4.78 is 17.2. The van der Waals surface area contributed by atoms with Crippen molar-refractivity contribution in [1.29, 1.82) is 0 Å². The van der Waals surface area contributed by atoms with Crippen molar-refractivity contribution in [1.82, 2.24) is 15.2 Å². The number of benzene rings is 2. The van der Waals surface area contributed by atoms with Crippen molar-refractivity contribution in [2.75, 3.05) is 21.3 Å². The molecule has 0 aliphatic heterocycles. The number of methoxy groups -OCH3 is 3. The molecule has 0 saturated heterocycles. The zero-order valence-corrected chi connectivity index (χ0v) is 18.0. The third kappa shape index (κ3) is 4.30. The van der Waals surface area contributed by atoms with Crippen molar-refractivity contribution < 1.29 is 19.0 Å². The maximum atomic E-state index is 12.9. The average molecular weight is 424 g/mol. The molecule has 0 bridgehead atoms. The summed E-state index contributed by atoms with van der Waals surface area (Å²) >= 11 is 0. The summed E-state index contributed by atoms with van der Waals surface area (Å²) in [5.41, 5.74) is 4.57. The van der Waals surface area contributed by atoms with Crippen molar-refractivity contribution in [2.45, 2.75) is 13.8 Å². The van der Waals surface area contributed by atoms with Gasteiger partial charge in [0, 0.05) is 11.3 Å². The predicted molar refractivity (Wildman–Crippen MR) is 117 cm³/mol. The highest BCUT2D eigenvalue weighted by molar-refractivity contribution is 6.01. The summed E-state index contributed by atoms with van der Waals surface area (Å²) in [6.07, 6.45) is 0. The molecule has 2 aromatic carbocycles. The topological polar surface area (TPSA) is 107 Å². The Kier molecular flexibility index (Phi) is 6.44. The van der Waals surface area contributed by atoms with Crippen molar-refractivity contribution >= 4 is 11.6 Å². The summed E-state index contributed by atoms with van der Waals surface area (Å²) in [5.74, 6) is 0.584. The molecule has 3 rings (SSSR count). The minimum absolute atomic E-state index is 0.257. The quantitative estimate of drug-likeness (QED) is 0.448. The van der Waals surface area contributed by atoms with Gasteiger partial charge in [0.2, 0.25) is 5.75 Å². The summed E-state index contributed by atoms with van der Waals surface area (Å²) in [7, 11) is 4.41. The van der Waals surface area contributed by atoms with Crippen LogP contribution in [-0.2, 0) is 0 Å². The van der Waals surface area contributed by atoms with E-state index in [4.69, 9.17) is 14.2 Å². The van der Waals surface area contributed by atoms with Crippen LogP contribution >= 0.6 is 0 Å². The first-order chi connectivity index (χ1) is 14.9. The molecule has 2 N–H and O–H groups in total. The van der Waals surface area contributed by atoms with Gasteiger partial charge in [0.1, 0.15) is 0 Å². The van der Waals surface area contributed by atoms with Gasteiger partial charge in [0.25, 0.3) is 11.5 Å². The molecular formula is C22H24N4O5. The van der Waals surface area contributed by atoms with Crippen LogP contribution in [0.4, 0.5) is 0 Å². The molecule has 31 heavy (non-hydrogen) atoms. The number of hydrogen-bond donors (Lipinski definition) is 2. The van der Waals surface area contributed by atoms with Crippen LogP contribution in [0.25, 0.3) is 5.69 Å². The van der Waals surface area contributed by atoms with E-state index < -0.39 is 5.91 Å². The lowest BCUT2D eigenvalue weighted by Crippen LogP contribution is -2.23. The van der Waals surface area contributed by atoms with Crippen molar-refractivity contribution in [3.63, 3.8) is 0 Å². The van der Waals surface area contributed by atoms with Crippen LogP contribution in [0.15, 0.2) is 52.4 Å². The molecule has 1 aromatic heterocycles. The van der Waals surface area contributed by atoms with Gasteiger partial charge in [-0.1, -0.05) is 18.2 Å². The zero-order chi connectivity index (χ0) is 22.5. The first kappa shape index (κ1) is 21.7. The normalized spacial score (nSPS) is 11.2. The fourth-order valence-corrected chi connectivity index (χ4v) is 3.20. The van der Waals surface area contributed by atoms with Gasteiger partial charge in [0.15, 0.2) is 11.5 Å². The Balaban J connectivity index is 1.89. The Morgan fingerprint density at radius 1 is 1.03 bits per heavy atom. The SMILES string of the molecule is COc1cc(C(=O)N/N=C(\C)c2c(C)[nH]n(-c3ccccc3)c2=O)cc(OC)c1OC. The fraction of sp³-hybridized carbons (Fsp3) is 0.227. The monoisotopic (exact) mass is 424 g/mol. The molecule has 0 aliphatic carbocycles. The van der Waals surface area contributed by atoms with E-state index in [-0.39, 0.29) is 11.1 Å². The van der Waals surface area contributed by atoms with E-state index in [1.165, 1.54) is 38.1 Å². The Labute approximate surface area is 179 Å². The van der Waals surface area contributed by atoms with Gasteiger partial charge in [0.05, 0.1) is 38.3 Å². The summed E-state index contributed by atoms with van der Waals surface area (Å²) in [4.78, 5) is 25.5. The molecule has 0 radical (unpaired) electrons. The number of carbonyl (C=O) groups is 1. The van der Waals surface area contributed by atoms with Gasteiger partial charge in [-0.3, -0.25) is 14.7 Å². The Morgan fingerprint density at radius 3 is 2.19 bits per heavy atom. The number of aryl methyl sites for hydroxylation is 1. The molecule has 0 saturated carbocycles. The van der Waals surface area contributed by atoms with E-state index in [1.807, 2.05) is 30.3 Å². The molecule has 0 fully saturated rings. The highest BCUT2D eigenvalue weighted by Gasteiger charge is 2.18. The minimum atomic E-state index is -0.491. The van der Waals surface area contributed by atoms with E-state index in [0.29, 0.717) is 39.9 Å². The molecule has 0 unspecified atom stereocenters. The molecule has 9 heteroatoms. The Hall–Kier alpha value is -4.01. The van der Waals surface area contributed by atoms with Crippen molar-refractivity contribution in [3.8, 4) is 22.9 Å². The minimum Gasteiger partial charge on any atom is -0.493 e. The van der Waals surface area contributed by atoms with Gasteiger partial charge < -0.3 is 14.2 Å². The van der Waals surface area contributed by atoms with E-state index in [0.717, 1.165) is 0 Å². The number of nitrogens with one attached hydrogen (secondary N) is 2. The highest BCUT2D eigenvalue weighted by Crippen LogP contribution is 2.38. The molecule has 0 aliphatic rings. The van der Waals surface area contributed by atoms with Crippen LogP contribution < -0.4 is 25.2 Å². The summed E-state index contributed by atoms with van der Waals surface area (Å²) in [6.45, 7) is 3.43. The molecule has 1 heterocycles. The first-order valence-electron chi connectivity index (χ1n) is 9.43. The number of nitrogens with zero attached hydrogens (tertiary/aromatic N) is 2. The lowest BCUT2D eigenvalue weighted by molar-refractivity contribution is 0.0954. The standard InChI is InChI=1S/C22H24N4O5/c1-13(19-14(2)25-26(22(19)28)16-9-7-6-8-10-16)23-24-21(27)15-11-17(29-3)20(31-5)18(12-15)30-4/h6-12,25H,1-5H3,(H,24,27)/b23-13+. The molecule has 0 atom stereocenters. The Bertz CT molecular complexity index is 1150. The molecule has 1 amide bonds. The second kappa shape index (κ2) is 9.21. The van der Waals surface area contributed by atoms with E-state index in [1.54, 1.807) is 13.8 Å². The highest BCUT2D eigenvalue weighted by atomic mass is 16.5. The van der Waals surface area contributed by atoms with Crippen molar-refractivity contribution in [2.24, 2.45) is 5.10 Å². The number of aromatic nitrogens is 2. The number of hydrazone groups is 1. The number of carbonyl (C=O) groups excluding carboxylic acids is 1. The lowest BCUT2D eigenvalue weighted by atomic mass is 10.1. The predicted octanol–water partition coefficient (Wildman–Crippen LogP) is 2.65. The first-order valence-corrected chi connectivity index (χ1v) is 9.43. The lowest BCUT2D eigenvalue weighted by Gasteiger charge is -2.13. The molecule has 9 nitrogen and oxygen atoms in total. The number of amides is 1. The van der Waals surface area contributed by atoms with E-state index in [2.05, 4.69) is 15.6 Å². The largest absolute Gasteiger partial charge is 0.493 e. The van der Waals surface area contributed by atoms with Gasteiger partial charge >= 0.3 is 0 Å². The third-order valence-electron chi connectivity index (χ3n) is 4.70. The van der Waals surface area contributed by atoms with Gasteiger partial charge in [-0.15, -0.1) is 0 Å². The number of para-hydroxylation sites is 1. The number of H-pyrrole nitrogens is 1. The average Bonchev–Trinajstić information content (AvgIpc) is 3.10. The number of ether oxygens (including phenoxy) is 3. The van der Waals surface area contributed by atoms with Crippen molar-refractivity contribution in [3.05, 3.63) is 69.6 Å². The summed E-state index contributed by atoms with van der Waals surface area (Å²) in [6, 6.07) is 12.2. The van der Waals surface area contributed by atoms with Crippen LogP contribution in [0.1, 0.15) is 28.5 Å². The van der Waals surface area contributed by atoms with E-state index >= 15 is 0 Å². The number of rotatable bonds is 7. The van der Waals surface area contributed by atoms with Crippen LogP contribution in [0.5, 0.6) is 17.2 Å². The third-order valence-corrected chi connectivity index (χ3v) is 4.70. The van der Waals surface area contributed by atoms with E-state index in [9.17, 15) is 9.59 Å². The second-order valence-electron chi connectivity index (χ2n) is 6.64. The smallest absolute Gasteiger partial charge is 0.280 e. The van der Waals surface area contributed by atoms with Crippen LogP contribution in [0.3, 0.4) is 0 Å². The van der Waals surface area contributed by atoms with Gasteiger partial charge in [-0.05, 0) is 38.1 Å². The fourth-order valence-electron chi connectivity index (χ4n) is 3.20.